The van der Waals surface area contributed by atoms with Gasteiger partial charge in [-0.1, -0.05) is 0 Å². The van der Waals surface area contributed by atoms with Crippen LogP contribution in [0, 0.1) is 6.92 Å². The Hall–Kier alpha value is -4.81. The van der Waals surface area contributed by atoms with Crippen molar-refractivity contribution in [2.24, 2.45) is 0 Å². The molecule has 300 valence electrons. The van der Waals surface area contributed by atoms with Crippen LogP contribution in [0.1, 0.15) is 29.5 Å². The van der Waals surface area contributed by atoms with Crippen molar-refractivity contribution in [3.05, 3.63) is 95.8 Å². The van der Waals surface area contributed by atoms with E-state index in [0.717, 1.165) is 83.5 Å². The molecule has 1 saturated heterocycles. The Morgan fingerprint density at radius 3 is 1.80 bits per heavy atom. The van der Waals surface area contributed by atoms with Gasteiger partial charge in [-0.2, -0.15) is 0 Å². The second kappa shape index (κ2) is 19.9. The zero-order valence-corrected chi connectivity index (χ0v) is 34.9. The predicted molar refractivity (Wildman–Crippen MR) is 226 cm³/mol. The largest absolute Gasteiger partial charge is 0.493 e. The first-order valence-electron chi connectivity index (χ1n) is 17.7. The van der Waals surface area contributed by atoms with Gasteiger partial charge in [0.1, 0.15) is 0 Å². The van der Waals surface area contributed by atoms with Gasteiger partial charge in [-0.15, -0.1) is 37.2 Å². The lowest BCUT2D eigenvalue weighted by Gasteiger charge is -2.40. The Kier molecular flexibility index (Phi) is 15.6. The zero-order chi connectivity index (χ0) is 36.9. The van der Waals surface area contributed by atoms with Gasteiger partial charge >= 0.3 is 0 Å². The molecule has 4 heterocycles. The number of ether oxygens (including phenoxy) is 7. The molecule has 0 unspecified atom stereocenters. The summed E-state index contributed by atoms with van der Waals surface area (Å²) in [5.41, 5.74) is 8.09. The quantitative estimate of drug-likeness (QED) is 0.114. The van der Waals surface area contributed by atoms with E-state index < -0.39 is 0 Å². The Labute approximate surface area is 347 Å². The smallest absolute Gasteiger partial charge is 0.231 e. The predicted octanol–water partition coefficient (Wildman–Crippen LogP) is 8.83. The third kappa shape index (κ3) is 9.41. The van der Waals surface area contributed by atoms with Crippen LogP contribution in [-0.4, -0.2) is 76.3 Å². The zero-order valence-electron chi connectivity index (χ0n) is 32.4. The van der Waals surface area contributed by atoms with Gasteiger partial charge < -0.3 is 38.1 Å². The highest BCUT2D eigenvalue weighted by Crippen LogP contribution is 2.42. The van der Waals surface area contributed by atoms with Crippen LogP contribution >= 0.6 is 37.2 Å². The summed E-state index contributed by atoms with van der Waals surface area (Å²) in [5.74, 6) is 4.74. The number of hydrogen-bond donors (Lipinski definition) is 0. The van der Waals surface area contributed by atoms with Crippen LogP contribution in [0.3, 0.4) is 0 Å². The van der Waals surface area contributed by atoms with Gasteiger partial charge in [0.2, 0.25) is 12.5 Å². The second-order valence-electron chi connectivity index (χ2n) is 13.2. The van der Waals surface area contributed by atoms with Crippen LogP contribution in [0.15, 0.2) is 79.1 Å². The Balaban J connectivity index is 0.00000232. The maximum atomic E-state index is 5.80. The molecular formula is C42H49Cl3N4O7. The molecule has 1 fully saturated rings. The first-order valence-corrected chi connectivity index (χ1v) is 17.7. The third-order valence-corrected chi connectivity index (χ3v) is 10.0. The minimum atomic E-state index is 0. The molecule has 0 spiro atoms. The average Bonchev–Trinajstić information content (AvgIpc) is 3.68. The van der Waals surface area contributed by atoms with Gasteiger partial charge in [-0.05, 0) is 97.1 Å². The summed E-state index contributed by atoms with van der Waals surface area (Å²) in [5, 5.41) is 0. The summed E-state index contributed by atoms with van der Waals surface area (Å²) in [6.07, 6.45) is 5.77. The van der Waals surface area contributed by atoms with E-state index in [4.69, 9.17) is 38.1 Å². The number of nitrogens with zero attached hydrogens (tertiary/aromatic N) is 4. The molecule has 3 aromatic carbocycles. The number of benzene rings is 3. The molecule has 14 heteroatoms. The highest BCUT2D eigenvalue weighted by molar-refractivity contribution is 5.86. The molecule has 7 rings (SSSR count). The molecule has 11 nitrogen and oxygen atoms in total. The Morgan fingerprint density at radius 2 is 1.20 bits per heavy atom. The number of pyridine rings is 2. The van der Waals surface area contributed by atoms with Crippen molar-refractivity contribution >= 4 is 42.9 Å². The molecule has 2 aromatic heterocycles. The number of fused-ring (bicyclic) bond motifs is 1. The van der Waals surface area contributed by atoms with Crippen molar-refractivity contribution in [3.63, 3.8) is 0 Å². The van der Waals surface area contributed by atoms with Crippen molar-refractivity contribution in [1.82, 2.24) is 14.9 Å². The van der Waals surface area contributed by atoms with E-state index in [9.17, 15) is 0 Å². The van der Waals surface area contributed by atoms with Crippen LogP contribution in [0.5, 0.6) is 40.2 Å². The van der Waals surface area contributed by atoms with Gasteiger partial charge in [0.15, 0.2) is 34.5 Å². The molecule has 0 atom stereocenters. The van der Waals surface area contributed by atoms with Gasteiger partial charge in [0.25, 0.3) is 0 Å². The maximum Gasteiger partial charge on any atom is 0.231 e. The summed E-state index contributed by atoms with van der Waals surface area (Å²) < 4.78 is 39.4. The number of anilines is 1. The molecule has 2 aliphatic heterocycles. The van der Waals surface area contributed by atoms with Crippen molar-refractivity contribution in [2.75, 3.05) is 60.3 Å². The van der Waals surface area contributed by atoms with E-state index in [-0.39, 0.29) is 44.0 Å². The Bertz CT molecular complexity index is 2060. The number of hydrogen-bond acceptors (Lipinski definition) is 11. The van der Waals surface area contributed by atoms with Crippen molar-refractivity contribution < 1.29 is 33.2 Å². The van der Waals surface area contributed by atoms with Crippen molar-refractivity contribution in [1.29, 1.82) is 0 Å². The fraction of sp³-hybridized carbons (Fsp3) is 0.333. The normalized spacial score (nSPS) is 13.4. The van der Waals surface area contributed by atoms with Gasteiger partial charge in [0.05, 0.1) is 46.9 Å². The van der Waals surface area contributed by atoms with Gasteiger partial charge in [-0.3, -0.25) is 14.9 Å². The van der Waals surface area contributed by atoms with E-state index in [1.165, 1.54) is 11.1 Å². The summed E-state index contributed by atoms with van der Waals surface area (Å²) >= 11 is 0. The van der Waals surface area contributed by atoms with E-state index in [0.29, 0.717) is 35.6 Å². The summed E-state index contributed by atoms with van der Waals surface area (Å²) in [6.45, 7) is 5.72. The Morgan fingerprint density at radius 1 is 0.643 bits per heavy atom. The molecule has 0 amide bonds. The molecule has 2 aliphatic rings. The number of rotatable bonds is 13. The fourth-order valence-electron chi connectivity index (χ4n) is 7.33. The highest BCUT2D eigenvalue weighted by Gasteiger charge is 2.27. The molecule has 0 N–H and O–H groups in total. The van der Waals surface area contributed by atoms with E-state index >= 15 is 0 Å². The van der Waals surface area contributed by atoms with Crippen molar-refractivity contribution in [2.45, 2.75) is 38.9 Å². The molecule has 0 bridgehead atoms. The minimum Gasteiger partial charge on any atom is -0.493 e. The van der Waals surface area contributed by atoms with Gasteiger partial charge in [0, 0.05) is 67.5 Å². The average molecular weight is 828 g/mol. The highest BCUT2D eigenvalue weighted by atomic mass is 35.5. The molecule has 0 radical (unpaired) electrons. The number of likely N-dealkylation sites (tertiary alicyclic amines) is 1. The molecule has 5 aromatic rings. The van der Waals surface area contributed by atoms with E-state index in [1.54, 1.807) is 35.5 Å². The molecule has 0 saturated carbocycles. The minimum absolute atomic E-state index is 0. The van der Waals surface area contributed by atoms with E-state index in [1.807, 2.05) is 43.6 Å². The molecular weight excluding hydrogens is 779 g/mol. The SMILES string of the molecule is COc1cc(-c2cc(CN(c3ccc4c(c3)OCO4)C3CCN(Cc4ccnc(-c5cc(OC)c(OC)c(OC)c5)c4)CC3)ccn2)cc(C)c1OC.Cl.Cl.Cl. The van der Waals surface area contributed by atoms with Crippen LogP contribution < -0.4 is 38.1 Å². The monoisotopic (exact) mass is 826 g/mol. The number of methoxy groups -OCH3 is 5. The van der Waals surface area contributed by atoms with Crippen LogP contribution in [-0.2, 0) is 13.1 Å². The maximum absolute atomic E-state index is 5.80. The lowest BCUT2D eigenvalue weighted by atomic mass is 9.99. The van der Waals surface area contributed by atoms with Crippen LogP contribution in [0.25, 0.3) is 22.5 Å². The van der Waals surface area contributed by atoms with Gasteiger partial charge in [-0.25, -0.2) is 0 Å². The first-order chi connectivity index (χ1) is 25.9. The van der Waals surface area contributed by atoms with Crippen molar-refractivity contribution in [3.8, 4) is 62.8 Å². The molecule has 0 aliphatic carbocycles. The number of aromatic nitrogens is 2. The third-order valence-electron chi connectivity index (χ3n) is 10.0. The fourth-order valence-corrected chi connectivity index (χ4v) is 7.33. The topological polar surface area (TPSA) is 96.9 Å². The summed E-state index contributed by atoms with van der Waals surface area (Å²) in [7, 11) is 8.17. The lowest BCUT2D eigenvalue weighted by molar-refractivity contribution is 0.174. The lowest BCUT2D eigenvalue weighted by Crippen LogP contribution is -2.44. The van der Waals surface area contributed by atoms with E-state index in [2.05, 4.69) is 57.2 Å². The second-order valence-corrected chi connectivity index (χ2v) is 13.2. The number of piperidine rings is 1. The van der Waals surface area contributed by atoms with Crippen LogP contribution in [0.4, 0.5) is 5.69 Å². The standard InChI is InChI=1S/C42H46N4O7.3ClH/c1-27-17-30(20-38(47-2)41(27)50-5)34-19-29(10-14-43-34)25-46(33-7-8-36-37(23-33)53-26-52-36)32-11-15-45(16-12-32)24-28-9-13-44-35(18-28)31-21-39(48-3)42(51-6)40(22-31)49-4;;;/h7-10,13-14,17-23,32H,11-12,15-16,24-26H2,1-6H3;3*1H. The number of halogens is 3. The summed E-state index contributed by atoms with van der Waals surface area (Å²) in [6, 6.07) is 23.0. The summed E-state index contributed by atoms with van der Waals surface area (Å²) in [4.78, 5) is 14.4. The molecule has 56 heavy (non-hydrogen) atoms. The first kappa shape index (κ1) is 43.9. The number of aryl methyl sites for hydroxylation is 1. The van der Waals surface area contributed by atoms with Crippen LogP contribution in [0.2, 0.25) is 0 Å².